The predicted molar refractivity (Wildman–Crippen MR) is 98.7 cm³/mol. The van der Waals surface area contributed by atoms with Gasteiger partial charge in [0.15, 0.2) is 0 Å². The normalized spacial score (nSPS) is 12.1. The summed E-state index contributed by atoms with van der Waals surface area (Å²) in [5, 5.41) is 13.2. The van der Waals surface area contributed by atoms with Gasteiger partial charge in [0, 0.05) is 6.54 Å². The van der Waals surface area contributed by atoms with Crippen molar-refractivity contribution >= 4 is 0 Å². The first-order valence-corrected chi connectivity index (χ1v) is 8.30. The van der Waals surface area contributed by atoms with Crippen LogP contribution in [0.2, 0.25) is 0 Å². The van der Waals surface area contributed by atoms with Gasteiger partial charge in [-0.15, -0.1) is 0 Å². The molecule has 24 heavy (non-hydrogen) atoms. The fraction of sp³-hybridized carbons (Fsp3) is 0.182. The summed E-state index contributed by atoms with van der Waals surface area (Å²) in [6.45, 7) is 2.88. The van der Waals surface area contributed by atoms with Crippen LogP contribution in [0.3, 0.4) is 0 Å². The van der Waals surface area contributed by atoms with E-state index in [2.05, 4.69) is 66.8 Å². The minimum Gasteiger partial charge on any atom is -0.392 e. The molecule has 2 heteroatoms. The zero-order valence-electron chi connectivity index (χ0n) is 13.9. The molecule has 122 valence electrons. The number of rotatable bonds is 6. The Hall–Kier alpha value is -2.42. The Labute approximate surface area is 143 Å². The monoisotopic (exact) mass is 317 g/mol. The number of hydrogen-bond acceptors (Lipinski definition) is 2. The summed E-state index contributed by atoms with van der Waals surface area (Å²) in [4.78, 5) is 0. The van der Waals surface area contributed by atoms with Gasteiger partial charge in [0.25, 0.3) is 0 Å². The Balaban J connectivity index is 1.86. The van der Waals surface area contributed by atoms with Crippen LogP contribution in [0.25, 0.3) is 0 Å². The van der Waals surface area contributed by atoms with Crippen molar-refractivity contribution in [1.82, 2.24) is 5.32 Å². The third-order valence-electron chi connectivity index (χ3n) is 4.33. The summed E-state index contributed by atoms with van der Waals surface area (Å²) in [5.74, 6) is 0. The summed E-state index contributed by atoms with van der Waals surface area (Å²) in [7, 11) is 0. The zero-order valence-corrected chi connectivity index (χ0v) is 13.9. The van der Waals surface area contributed by atoms with Crippen LogP contribution < -0.4 is 5.32 Å². The van der Waals surface area contributed by atoms with Crippen LogP contribution in [0.4, 0.5) is 0 Å². The van der Waals surface area contributed by atoms with E-state index in [4.69, 9.17) is 0 Å². The third-order valence-corrected chi connectivity index (χ3v) is 4.33. The van der Waals surface area contributed by atoms with Crippen LogP contribution >= 0.6 is 0 Å². The zero-order chi connectivity index (χ0) is 16.8. The van der Waals surface area contributed by atoms with Crippen LogP contribution in [0, 0.1) is 6.92 Å². The number of nitrogens with one attached hydrogen (secondary N) is 1. The van der Waals surface area contributed by atoms with E-state index in [-0.39, 0.29) is 12.6 Å². The van der Waals surface area contributed by atoms with Crippen molar-refractivity contribution in [3.8, 4) is 0 Å². The standard InChI is InChI=1S/C22H23NO/c1-17-11-13-19(14-12-17)22(18-7-3-2-4-8-18)23-15-20-9-5-6-10-21(20)16-24/h2-14,22-24H,15-16H2,1H3. The fourth-order valence-corrected chi connectivity index (χ4v) is 2.93. The molecule has 0 fully saturated rings. The Bertz CT molecular complexity index is 765. The van der Waals surface area contributed by atoms with Crippen LogP contribution in [0.5, 0.6) is 0 Å². The molecule has 0 saturated heterocycles. The lowest BCUT2D eigenvalue weighted by molar-refractivity contribution is 0.280. The maximum Gasteiger partial charge on any atom is 0.0685 e. The van der Waals surface area contributed by atoms with E-state index in [1.807, 2.05) is 24.3 Å². The van der Waals surface area contributed by atoms with Crippen molar-refractivity contribution < 1.29 is 5.11 Å². The highest BCUT2D eigenvalue weighted by Gasteiger charge is 2.14. The molecular weight excluding hydrogens is 294 g/mol. The molecule has 2 N–H and O–H groups in total. The largest absolute Gasteiger partial charge is 0.392 e. The summed E-state index contributed by atoms with van der Waals surface area (Å²) in [6.07, 6.45) is 0. The maximum absolute atomic E-state index is 9.52. The van der Waals surface area contributed by atoms with E-state index < -0.39 is 0 Å². The minimum absolute atomic E-state index is 0.0678. The van der Waals surface area contributed by atoms with Crippen molar-refractivity contribution in [1.29, 1.82) is 0 Å². The molecule has 3 rings (SSSR count). The molecule has 3 aromatic rings. The van der Waals surface area contributed by atoms with Gasteiger partial charge in [-0.1, -0.05) is 84.4 Å². The summed E-state index contributed by atoms with van der Waals surface area (Å²) in [6, 6.07) is 27.3. The first-order valence-electron chi connectivity index (χ1n) is 8.30. The third kappa shape index (κ3) is 3.91. The minimum atomic E-state index is 0.0678. The van der Waals surface area contributed by atoms with Crippen molar-refractivity contribution in [3.63, 3.8) is 0 Å². The molecule has 0 heterocycles. The molecule has 0 amide bonds. The van der Waals surface area contributed by atoms with Crippen LogP contribution in [0.15, 0.2) is 78.9 Å². The Morgan fingerprint density at radius 3 is 2.00 bits per heavy atom. The molecule has 0 aromatic heterocycles. The highest BCUT2D eigenvalue weighted by molar-refractivity contribution is 5.34. The van der Waals surface area contributed by atoms with Gasteiger partial charge in [0.05, 0.1) is 12.6 Å². The molecule has 0 saturated carbocycles. The second-order valence-electron chi connectivity index (χ2n) is 6.06. The number of benzene rings is 3. The molecular formula is C22H23NO. The second-order valence-corrected chi connectivity index (χ2v) is 6.06. The van der Waals surface area contributed by atoms with E-state index in [1.54, 1.807) is 0 Å². The van der Waals surface area contributed by atoms with Gasteiger partial charge in [-0.25, -0.2) is 0 Å². The molecule has 0 spiro atoms. The molecule has 0 aliphatic carbocycles. The lowest BCUT2D eigenvalue weighted by atomic mass is 9.97. The first kappa shape index (κ1) is 16.4. The number of aliphatic hydroxyl groups excluding tert-OH is 1. The second kappa shape index (κ2) is 7.91. The summed E-state index contributed by atoms with van der Waals surface area (Å²) in [5.41, 5.74) is 5.85. The number of aryl methyl sites for hydroxylation is 1. The van der Waals surface area contributed by atoms with Gasteiger partial charge >= 0.3 is 0 Å². The number of hydrogen-bond donors (Lipinski definition) is 2. The molecule has 0 aliphatic heterocycles. The predicted octanol–water partition coefficient (Wildman–Crippen LogP) is 4.37. The Morgan fingerprint density at radius 2 is 1.33 bits per heavy atom. The topological polar surface area (TPSA) is 32.3 Å². The van der Waals surface area contributed by atoms with Gasteiger partial charge < -0.3 is 10.4 Å². The summed E-state index contributed by atoms with van der Waals surface area (Å²) >= 11 is 0. The van der Waals surface area contributed by atoms with Gasteiger partial charge in [-0.05, 0) is 29.2 Å². The van der Waals surface area contributed by atoms with Crippen molar-refractivity contribution in [3.05, 3.63) is 107 Å². The van der Waals surface area contributed by atoms with E-state index in [0.29, 0.717) is 6.54 Å². The van der Waals surface area contributed by atoms with Crippen LogP contribution in [0.1, 0.15) is 33.9 Å². The molecule has 1 atom stereocenters. The molecule has 0 bridgehead atoms. The lowest BCUT2D eigenvalue weighted by Crippen LogP contribution is -2.22. The van der Waals surface area contributed by atoms with Crippen LogP contribution in [-0.4, -0.2) is 5.11 Å². The van der Waals surface area contributed by atoms with E-state index in [0.717, 1.165) is 11.1 Å². The molecule has 0 radical (unpaired) electrons. The molecule has 3 aromatic carbocycles. The number of aliphatic hydroxyl groups is 1. The molecule has 1 unspecified atom stereocenters. The van der Waals surface area contributed by atoms with Gasteiger partial charge in [0.1, 0.15) is 0 Å². The van der Waals surface area contributed by atoms with Crippen molar-refractivity contribution in [2.45, 2.75) is 26.1 Å². The van der Waals surface area contributed by atoms with Gasteiger partial charge in [0.2, 0.25) is 0 Å². The van der Waals surface area contributed by atoms with E-state index >= 15 is 0 Å². The van der Waals surface area contributed by atoms with Crippen LogP contribution in [-0.2, 0) is 13.2 Å². The maximum atomic E-state index is 9.52. The van der Waals surface area contributed by atoms with E-state index in [1.165, 1.54) is 16.7 Å². The van der Waals surface area contributed by atoms with Crippen molar-refractivity contribution in [2.24, 2.45) is 0 Å². The highest BCUT2D eigenvalue weighted by Crippen LogP contribution is 2.23. The fourth-order valence-electron chi connectivity index (χ4n) is 2.93. The SMILES string of the molecule is Cc1ccc(C(NCc2ccccc2CO)c2ccccc2)cc1. The first-order chi connectivity index (χ1) is 11.8. The lowest BCUT2D eigenvalue weighted by Gasteiger charge is -2.21. The summed E-state index contributed by atoms with van der Waals surface area (Å²) < 4.78 is 0. The van der Waals surface area contributed by atoms with Crippen molar-refractivity contribution in [2.75, 3.05) is 0 Å². The average Bonchev–Trinajstić information content (AvgIpc) is 2.64. The Morgan fingerprint density at radius 1 is 0.750 bits per heavy atom. The molecule has 0 aliphatic rings. The van der Waals surface area contributed by atoms with Gasteiger partial charge in [-0.2, -0.15) is 0 Å². The molecule has 2 nitrogen and oxygen atoms in total. The Kier molecular flexibility index (Phi) is 5.42. The van der Waals surface area contributed by atoms with E-state index in [9.17, 15) is 5.11 Å². The quantitative estimate of drug-likeness (QED) is 0.708. The average molecular weight is 317 g/mol. The van der Waals surface area contributed by atoms with Gasteiger partial charge in [-0.3, -0.25) is 0 Å². The smallest absolute Gasteiger partial charge is 0.0685 e. The highest BCUT2D eigenvalue weighted by atomic mass is 16.3.